The van der Waals surface area contributed by atoms with Crippen LogP contribution in [-0.4, -0.2) is 47.1 Å². The van der Waals surface area contributed by atoms with Crippen LogP contribution in [-0.2, 0) is 13.0 Å². The molecule has 2 atom stereocenters. The van der Waals surface area contributed by atoms with Gasteiger partial charge < -0.3 is 14.9 Å². The molecular weight excluding hydrogens is 370 g/mol. The van der Waals surface area contributed by atoms with Gasteiger partial charge in [-0.25, -0.2) is 4.99 Å². The predicted octanol–water partition coefficient (Wildman–Crippen LogP) is 4.13. The molecule has 1 saturated heterocycles. The van der Waals surface area contributed by atoms with Gasteiger partial charge >= 0.3 is 0 Å². The maximum atomic E-state index is 10.0. The Kier molecular flexibility index (Phi) is 6.45. The first-order chi connectivity index (χ1) is 14.7. The number of guanidine groups is 1. The van der Waals surface area contributed by atoms with E-state index in [0.717, 1.165) is 25.5 Å². The van der Waals surface area contributed by atoms with Crippen LogP contribution in [0.15, 0.2) is 96.0 Å². The molecule has 154 valence electrons. The second kappa shape index (κ2) is 9.59. The van der Waals surface area contributed by atoms with Crippen LogP contribution in [0, 0.1) is 0 Å². The minimum Gasteiger partial charge on any atom is -0.394 e. The molecule has 0 radical (unpaired) electrons. The number of aliphatic imine (C=N–C) groups is 1. The van der Waals surface area contributed by atoms with E-state index < -0.39 is 0 Å². The molecule has 0 saturated carbocycles. The third kappa shape index (κ3) is 4.71. The third-order valence-electron chi connectivity index (χ3n) is 5.68. The van der Waals surface area contributed by atoms with Crippen molar-refractivity contribution < 1.29 is 5.11 Å². The monoisotopic (exact) mass is 399 g/mol. The van der Waals surface area contributed by atoms with Gasteiger partial charge in [-0.2, -0.15) is 0 Å². The first-order valence-electron chi connectivity index (χ1n) is 10.5. The molecule has 0 aliphatic carbocycles. The molecule has 4 heteroatoms. The summed E-state index contributed by atoms with van der Waals surface area (Å²) in [7, 11) is 2.11. The van der Waals surface area contributed by atoms with Crippen molar-refractivity contribution in [2.45, 2.75) is 25.0 Å². The molecule has 4 nitrogen and oxygen atoms in total. The molecule has 1 N–H and O–H groups in total. The van der Waals surface area contributed by atoms with Crippen LogP contribution in [0.2, 0.25) is 0 Å². The molecule has 1 fully saturated rings. The molecule has 3 aromatic carbocycles. The smallest absolute Gasteiger partial charge is 0.197 e. The number of likely N-dealkylation sites (N-methyl/N-ethyl adjacent to an activating group) is 1. The second-order valence-corrected chi connectivity index (χ2v) is 7.86. The van der Waals surface area contributed by atoms with Crippen LogP contribution in [0.1, 0.15) is 22.7 Å². The van der Waals surface area contributed by atoms with E-state index in [1.54, 1.807) is 0 Å². The Labute approximate surface area is 179 Å². The predicted molar refractivity (Wildman–Crippen MR) is 122 cm³/mol. The van der Waals surface area contributed by atoms with Crippen molar-refractivity contribution in [1.29, 1.82) is 0 Å². The Bertz CT molecular complexity index is 944. The molecule has 1 aliphatic rings. The molecule has 0 unspecified atom stereocenters. The van der Waals surface area contributed by atoms with E-state index >= 15 is 0 Å². The largest absolute Gasteiger partial charge is 0.394 e. The van der Waals surface area contributed by atoms with Crippen molar-refractivity contribution in [3.63, 3.8) is 0 Å². The normalized spacial score (nSPS) is 18.7. The second-order valence-electron chi connectivity index (χ2n) is 7.86. The van der Waals surface area contributed by atoms with Crippen molar-refractivity contribution in [1.82, 2.24) is 9.80 Å². The highest BCUT2D eigenvalue weighted by Crippen LogP contribution is 2.29. The maximum absolute atomic E-state index is 10.0. The van der Waals surface area contributed by atoms with E-state index in [4.69, 9.17) is 4.99 Å². The summed E-state index contributed by atoms with van der Waals surface area (Å²) >= 11 is 0. The van der Waals surface area contributed by atoms with Gasteiger partial charge in [-0.05, 0) is 23.1 Å². The Morgan fingerprint density at radius 1 is 0.867 bits per heavy atom. The number of benzene rings is 3. The lowest BCUT2D eigenvalue weighted by Gasteiger charge is -2.24. The van der Waals surface area contributed by atoms with Gasteiger partial charge in [-0.1, -0.05) is 91.0 Å². The quantitative estimate of drug-likeness (QED) is 0.649. The molecule has 1 aliphatic heterocycles. The molecule has 0 bridgehead atoms. The standard InChI is InChI=1S/C26H29N3O/c1-28-25(23-15-9-4-10-16-23)19-29(18-22-13-7-3-8-14-22)26(28)27-24(20-30)17-21-11-5-2-6-12-21/h2-16,24-25,30H,17-20H2,1H3/t24-,25-/m0/s1. The zero-order valence-electron chi connectivity index (χ0n) is 17.4. The Balaban J connectivity index is 1.62. The summed E-state index contributed by atoms with van der Waals surface area (Å²) in [5, 5.41) is 10.0. The number of rotatable bonds is 7. The van der Waals surface area contributed by atoms with Crippen molar-refractivity contribution in [3.05, 3.63) is 108 Å². The van der Waals surface area contributed by atoms with Gasteiger partial charge in [0.1, 0.15) is 0 Å². The molecule has 4 rings (SSSR count). The minimum atomic E-state index is -0.169. The summed E-state index contributed by atoms with van der Waals surface area (Å²) in [6.07, 6.45) is 0.726. The van der Waals surface area contributed by atoms with E-state index in [9.17, 15) is 5.11 Å². The molecule has 30 heavy (non-hydrogen) atoms. The van der Waals surface area contributed by atoms with Crippen LogP contribution in [0.5, 0.6) is 0 Å². The summed E-state index contributed by atoms with van der Waals surface area (Å²) < 4.78 is 0. The average molecular weight is 400 g/mol. The number of aliphatic hydroxyl groups is 1. The first-order valence-corrected chi connectivity index (χ1v) is 10.5. The van der Waals surface area contributed by atoms with Crippen molar-refractivity contribution in [2.24, 2.45) is 4.99 Å². The zero-order chi connectivity index (χ0) is 20.8. The van der Waals surface area contributed by atoms with E-state index in [2.05, 4.69) is 83.6 Å². The van der Waals surface area contributed by atoms with E-state index in [1.807, 2.05) is 24.3 Å². The van der Waals surface area contributed by atoms with Gasteiger partial charge in [0, 0.05) is 20.1 Å². The Morgan fingerprint density at radius 2 is 1.43 bits per heavy atom. The molecule has 0 spiro atoms. The molecular formula is C26H29N3O. The zero-order valence-corrected chi connectivity index (χ0v) is 17.4. The van der Waals surface area contributed by atoms with Gasteiger partial charge in [-0.15, -0.1) is 0 Å². The summed E-state index contributed by atoms with van der Waals surface area (Å²) in [6.45, 7) is 1.70. The molecule has 0 amide bonds. The van der Waals surface area contributed by atoms with Crippen molar-refractivity contribution in [2.75, 3.05) is 20.2 Å². The third-order valence-corrected chi connectivity index (χ3v) is 5.68. The lowest BCUT2D eigenvalue weighted by molar-refractivity contribution is 0.264. The fourth-order valence-corrected chi connectivity index (χ4v) is 4.09. The van der Waals surface area contributed by atoms with Crippen molar-refractivity contribution >= 4 is 5.96 Å². The average Bonchev–Trinajstić information content (AvgIpc) is 3.10. The van der Waals surface area contributed by atoms with E-state index in [-0.39, 0.29) is 18.7 Å². The van der Waals surface area contributed by atoms with Gasteiger partial charge in [-0.3, -0.25) is 0 Å². The highest BCUT2D eigenvalue weighted by atomic mass is 16.3. The van der Waals surface area contributed by atoms with Gasteiger partial charge in [0.25, 0.3) is 0 Å². The number of nitrogens with zero attached hydrogens (tertiary/aromatic N) is 3. The first kappa shape index (κ1) is 20.2. The van der Waals surface area contributed by atoms with E-state index in [0.29, 0.717) is 0 Å². The number of hydrogen-bond acceptors (Lipinski definition) is 2. The summed E-state index contributed by atoms with van der Waals surface area (Å²) in [6, 6.07) is 31.4. The highest BCUT2D eigenvalue weighted by molar-refractivity contribution is 5.83. The number of hydrogen-bond donors (Lipinski definition) is 1. The fraction of sp³-hybridized carbons (Fsp3) is 0.269. The van der Waals surface area contributed by atoms with Crippen LogP contribution in [0.4, 0.5) is 0 Å². The lowest BCUT2D eigenvalue weighted by Crippen LogP contribution is -2.34. The summed E-state index contributed by atoms with van der Waals surface area (Å²) in [4.78, 5) is 9.63. The molecule has 1 heterocycles. The number of aliphatic hydroxyl groups excluding tert-OH is 1. The SMILES string of the molecule is CN1C(=N[C@H](CO)Cc2ccccc2)N(Cc2ccccc2)C[C@H]1c1ccccc1. The van der Waals surface area contributed by atoms with E-state index in [1.165, 1.54) is 16.7 Å². The molecule has 3 aromatic rings. The highest BCUT2D eigenvalue weighted by Gasteiger charge is 2.34. The topological polar surface area (TPSA) is 39.1 Å². The van der Waals surface area contributed by atoms with Gasteiger partial charge in [0.15, 0.2) is 5.96 Å². The Hall–Kier alpha value is -3.11. The maximum Gasteiger partial charge on any atom is 0.197 e. The van der Waals surface area contributed by atoms with Crippen LogP contribution >= 0.6 is 0 Å². The summed E-state index contributed by atoms with van der Waals surface area (Å²) in [5.74, 6) is 0.947. The van der Waals surface area contributed by atoms with Crippen LogP contribution in [0.25, 0.3) is 0 Å². The fourth-order valence-electron chi connectivity index (χ4n) is 4.09. The molecule has 0 aromatic heterocycles. The van der Waals surface area contributed by atoms with Crippen LogP contribution in [0.3, 0.4) is 0 Å². The van der Waals surface area contributed by atoms with Crippen LogP contribution < -0.4 is 0 Å². The lowest BCUT2D eigenvalue weighted by atomic mass is 10.1. The summed E-state index contributed by atoms with van der Waals surface area (Å²) in [5.41, 5.74) is 3.73. The Morgan fingerprint density at radius 3 is 2.03 bits per heavy atom. The van der Waals surface area contributed by atoms with Gasteiger partial charge in [0.2, 0.25) is 0 Å². The minimum absolute atomic E-state index is 0.0292. The van der Waals surface area contributed by atoms with Gasteiger partial charge in [0.05, 0.1) is 18.7 Å². The van der Waals surface area contributed by atoms with Crippen molar-refractivity contribution in [3.8, 4) is 0 Å².